The molecule has 3 aromatic heterocycles. The minimum atomic E-state index is -0.156. The zero-order valence-corrected chi connectivity index (χ0v) is 12.4. The molecule has 4 rings (SSSR count). The van der Waals surface area contributed by atoms with Crippen molar-refractivity contribution in [3.05, 3.63) is 41.6 Å². The van der Waals surface area contributed by atoms with Gasteiger partial charge in [0.05, 0.1) is 16.8 Å². The first-order valence-corrected chi connectivity index (χ1v) is 7.17. The summed E-state index contributed by atoms with van der Waals surface area (Å²) in [4.78, 5) is 20.2. The summed E-state index contributed by atoms with van der Waals surface area (Å²) in [6.45, 7) is 2.77. The third kappa shape index (κ3) is 1.86. The summed E-state index contributed by atoms with van der Waals surface area (Å²) in [5.74, 6) is 1.36. The fourth-order valence-electron chi connectivity index (χ4n) is 2.96. The van der Waals surface area contributed by atoms with Gasteiger partial charge in [-0.05, 0) is 6.92 Å². The third-order valence-corrected chi connectivity index (χ3v) is 3.99. The largest absolute Gasteiger partial charge is 0.364 e. The van der Waals surface area contributed by atoms with Crippen molar-refractivity contribution in [2.45, 2.75) is 19.9 Å². The Morgan fingerprint density at radius 3 is 3.09 bits per heavy atom. The third-order valence-electron chi connectivity index (χ3n) is 3.99. The molecule has 1 amide bonds. The molecular weight excluding hydrogens is 280 g/mol. The number of hydrogen-bond acceptors (Lipinski definition) is 3. The second-order valence-corrected chi connectivity index (χ2v) is 5.50. The van der Waals surface area contributed by atoms with Gasteiger partial charge in [0, 0.05) is 50.4 Å². The first-order valence-electron chi connectivity index (χ1n) is 7.17. The van der Waals surface area contributed by atoms with Gasteiger partial charge < -0.3 is 14.9 Å². The Morgan fingerprint density at radius 1 is 1.45 bits per heavy atom. The van der Waals surface area contributed by atoms with Gasteiger partial charge in [0.2, 0.25) is 0 Å². The van der Waals surface area contributed by atoms with E-state index < -0.39 is 0 Å². The molecule has 1 aliphatic rings. The molecule has 0 saturated heterocycles. The van der Waals surface area contributed by atoms with Gasteiger partial charge in [-0.15, -0.1) is 0 Å². The van der Waals surface area contributed by atoms with Gasteiger partial charge >= 0.3 is 0 Å². The molecule has 0 spiro atoms. The average molecular weight is 296 g/mol. The van der Waals surface area contributed by atoms with E-state index in [9.17, 15) is 4.79 Å². The van der Waals surface area contributed by atoms with Crippen LogP contribution in [0.4, 0.5) is 5.82 Å². The molecule has 0 aliphatic carbocycles. The second kappa shape index (κ2) is 4.59. The molecule has 0 saturated carbocycles. The summed E-state index contributed by atoms with van der Waals surface area (Å²) < 4.78 is 3.73. The van der Waals surface area contributed by atoms with Crippen molar-refractivity contribution >= 4 is 11.7 Å². The number of anilines is 1. The van der Waals surface area contributed by atoms with Crippen molar-refractivity contribution < 1.29 is 4.79 Å². The number of rotatable bonds is 2. The van der Waals surface area contributed by atoms with Crippen LogP contribution in [0.25, 0.3) is 11.4 Å². The number of hydrogen-bond donors (Lipinski definition) is 2. The van der Waals surface area contributed by atoms with Crippen molar-refractivity contribution in [3.8, 4) is 11.4 Å². The normalized spacial score (nSPS) is 12.8. The zero-order chi connectivity index (χ0) is 15.3. The first-order chi connectivity index (χ1) is 10.6. The van der Waals surface area contributed by atoms with Crippen LogP contribution in [0.1, 0.15) is 21.7 Å². The van der Waals surface area contributed by atoms with Gasteiger partial charge in [-0.2, -0.15) is 5.10 Å². The summed E-state index contributed by atoms with van der Waals surface area (Å²) in [5, 5.41) is 7.15. The summed E-state index contributed by atoms with van der Waals surface area (Å²) in [7, 11) is 1.81. The van der Waals surface area contributed by atoms with Crippen LogP contribution in [-0.4, -0.2) is 30.2 Å². The number of fused-ring (bicyclic) bond motifs is 3. The standard InChI is InChI=1S/C15H16N6O/c1-9-7-12(20(2)19-9)18-15(22)10-8-17-11-3-5-21-6-4-16-14(21)13(10)11/h4,6-8,17H,3,5H2,1-2H3,(H,18,22). The minimum absolute atomic E-state index is 0.156. The lowest BCUT2D eigenvalue weighted by atomic mass is 10.0. The number of aromatic amines is 1. The summed E-state index contributed by atoms with van der Waals surface area (Å²) in [5.41, 5.74) is 3.43. The molecule has 7 nitrogen and oxygen atoms in total. The van der Waals surface area contributed by atoms with Crippen LogP contribution >= 0.6 is 0 Å². The Kier molecular flexibility index (Phi) is 2.69. The number of imidazole rings is 1. The lowest BCUT2D eigenvalue weighted by molar-refractivity contribution is 0.102. The van der Waals surface area contributed by atoms with Gasteiger partial charge in [-0.3, -0.25) is 9.48 Å². The Hall–Kier alpha value is -2.83. The molecule has 0 radical (unpaired) electrons. The Labute approximate surface area is 127 Å². The van der Waals surface area contributed by atoms with E-state index in [1.165, 1.54) is 0 Å². The highest BCUT2D eigenvalue weighted by molar-refractivity contribution is 6.08. The maximum absolute atomic E-state index is 12.6. The fraction of sp³-hybridized carbons (Fsp3) is 0.267. The van der Waals surface area contributed by atoms with Crippen LogP contribution in [0.15, 0.2) is 24.7 Å². The van der Waals surface area contributed by atoms with Crippen LogP contribution in [0.2, 0.25) is 0 Å². The number of carbonyl (C=O) groups is 1. The van der Waals surface area contributed by atoms with E-state index in [1.807, 2.05) is 26.2 Å². The Balaban J connectivity index is 1.72. The topological polar surface area (TPSA) is 80.5 Å². The maximum atomic E-state index is 12.6. The number of carbonyl (C=O) groups excluding carboxylic acids is 1. The molecule has 0 atom stereocenters. The lowest BCUT2D eigenvalue weighted by Gasteiger charge is -2.15. The highest BCUT2D eigenvalue weighted by Gasteiger charge is 2.25. The molecule has 2 N–H and O–H groups in total. The highest BCUT2D eigenvalue weighted by Crippen LogP contribution is 2.31. The molecule has 112 valence electrons. The Morgan fingerprint density at radius 2 is 2.32 bits per heavy atom. The smallest absolute Gasteiger partial charge is 0.259 e. The summed E-state index contributed by atoms with van der Waals surface area (Å²) in [6, 6.07) is 1.85. The molecule has 0 unspecified atom stereocenters. The predicted molar refractivity (Wildman–Crippen MR) is 81.6 cm³/mol. The van der Waals surface area contributed by atoms with Gasteiger partial charge in [0.1, 0.15) is 11.6 Å². The van der Waals surface area contributed by atoms with E-state index >= 15 is 0 Å². The first kappa shape index (κ1) is 12.9. The highest BCUT2D eigenvalue weighted by atomic mass is 16.1. The van der Waals surface area contributed by atoms with E-state index in [1.54, 1.807) is 17.1 Å². The monoisotopic (exact) mass is 296 g/mol. The van der Waals surface area contributed by atoms with Crippen molar-refractivity contribution in [3.63, 3.8) is 0 Å². The van der Waals surface area contributed by atoms with E-state index in [0.717, 1.165) is 35.7 Å². The number of aryl methyl sites for hydroxylation is 4. The maximum Gasteiger partial charge on any atom is 0.259 e. The average Bonchev–Trinajstić information content (AvgIpc) is 3.17. The quantitative estimate of drug-likeness (QED) is 0.755. The molecule has 22 heavy (non-hydrogen) atoms. The molecule has 0 bridgehead atoms. The zero-order valence-electron chi connectivity index (χ0n) is 12.4. The molecule has 4 heterocycles. The SMILES string of the molecule is Cc1cc(NC(=O)c2c[nH]c3c2-c2nccn2CC3)n(C)n1. The van der Waals surface area contributed by atoms with Gasteiger partial charge in [-0.25, -0.2) is 4.98 Å². The van der Waals surface area contributed by atoms with E-state index in [0.29, 0.717) is 11.4 Å². The van der Waals surface area contributed by atoms with Crippen LogP contribution in [0.3, 0.4) is 0 Å². The van der Waals surface area contributed by atoms with Crippen molar-refractivity contribution in [2.75, 3.05) is 5.32 Å². The number of H-pyrrole nitrogens is 1. The van der Waals surface area contributed by atoms with Crippen molar-refractivity contribution in [1.82, 2.24) is 24.3 Å². The minimum Gasteiger partial charge on any atom is -0.364 e. The number of amides is 1. The molecule has 0 fully saturated rings. The van der Waals surface area contributed by atoms with Gasteiger partial charge in [0.25, 0.3) is 5.91 Å². The predicted octanol–water partition coefficient (Wildman–Crippen LogP) is 1.73. The molecule has 7 heteroatoms. The van der Waals surface area contributed by atoms with Gasteiger partial charge in [-0.1, -0.05) is 0 Å². The summed E-state index contributed by atoms with van der Waals surface area (Å²) >= 11 is 0. The van der Waals surface area contributed by atoms with Crippen molar-refractivity contribution in [2.24, 2.45) is 7.05 Å². The van der Waals surface area contributed by atoms with Crippen LogP contribution in [-0.2, 0) is 20.0 Å². The second-order valence-electron chi connectivity index (χ2n) is 5.50. The lowest BCUT2D eigenvalue weighted by Crippen LogP contribution is -2.17. The summed E-state index contributed by atoms with van der Waals surface area (Å²) in [6.07, 6.45) is 6.34. The van der Waals surface area contributed by atoms with E-state index in [-0.39, 0.29) is 5.91 Å². The molecular formula is C15H16N6O. The molecule has 1 aliphatic heterocycles. The number of nitrogens with one attached hydrogen (secondary N) is 2. The number of aromatic nitrogens is 5. The van der Waals surface area contributed by atoms with Crippen LogP contribution in [0.5, 0.6) is 0 Å². The van der Waals surface area contributed by atoms with Crippen LogP contribution < -0.4 is 5.32 Å². The fourth-order valence-corrected chi connectivity index (χ4v) is 2.96. The van der Waals surface area contributed by atoms with Crippen LogP contribution in [0, 0.1) is 6.92 Å². The van der Waals surface area contributed by atoms with E-state index in [4.69, 9.17) is 0 Å². The van der Waals surface area contributed by atoms with E-state index in [2.05, 4.69) is 25.0 Å². The molecule has 0 aromatic carbocycles. The number of nitrogens with zero attached hydrogens (tertiary/aromatic N) is 4. The van der Waals surface area contributed by atoms with Gasteiger partial charge in [0.15, 0.2) is 0 Å². The molecule has 3 aromatic rings. The Bertz CT molecular complexity index is 869. The van der Waals surface area contributed by atoms with Crippen molar-refractivity contribution in [1.29, 1.82) is 0 Å².